The van der Waals surface area contributed by atoms with Crippen LogP contribution >= 0.6 is 0 Å². The zero-order valence-electron chi connectivity index (χ0n) is 16.7. The normalized spacial score (nSPS) is 13.5. The SMILES string of the molecule is COC(=O)c1ccc2[nH]c3c(c2c1)CN(C(=O)c1cc2cccc(OC)c2o1)CC3. The number of nitrogens with zero attached hydrogens (tertiary/aromatic N) is 1. The molecule has 0 saturated carbocycles. The molecule has 7 heteroatoms. The fraction of sp³-hybridized carbons (Fsp3) is 0.217. The highest BCUT2D eigenvalue weighted by molar-refractivity contribution is 5.99. The van der Waals surface area contributed by atoms with Crippen molar-refractivity contribution in [3.8, 4) is 5.75 Å². The van der Waals surface area contributed by atoms with E-state index in [0.717, 1.165) is 27.5 Å². The number of rotatable bonds is 3. The second-order valence-electron chi connectivity index (χ2n) is 7.30. The highest BCUT2D eigenvalue weighted by atomic mass is 16.5. The maximum absolute atomic E-state index is 13.2. The minimum atomic E-state index is -0.383. The third kappa shape index (κ3) is 2.82. The zero-order valence-corrected chi connectivity index (χ0v) is 16.7. The summed E-state index contributed by atoms with van der Waals surface area (Å²) in [5.74, 6) is 0.330. The number of hydrogen-bond donors (Lipinski definition) is 1. The molecule has 2 aromatic heterocycles. The first kappa shape index (κ1) is 18.3. The largest absolute Gasteiger partial charge is 0.493 e. The number of amides is 1. The molecule has 0 bridgehead atoms. The van der Waals surface area contributed by atoms with Crippen molar-refractivity contribution in [1.82, 2.24) is 9.88 Å². The summed E-state index contributed by atoms with van der Waals surface area (Å²) in [5, 5.41) is 1.75. The number of nitrogens with one attached hydrogen (secondary N) is 1. The number of methoxy groups -OCH3 is 2. The van der Waals surface area contributed by atoms with E-state index in [4.69, 9.17) is 13.9 Å². The molecule has 3 heterocycles. The van der Waals surface area contributed by atoms with Gasteiger partial charge in [0.1, 0.15) is 0 Å². The summed E-state index contributed by atoms with van der Waals surface area (Å²) in [6.45, 7) is 1.02. The van der Waals surface area contributed by atoms with Gasteiger partial charge in [0.25, 0.3) is 5.91 Å². The number of aromatic amines is 1. The van der Waals surface area contributed by atoms with Crippen LogP contribution in [0, 0.1) is 0 Å². The van der Waals surface area contributed by atoms with Gasteiger partial charge >= 0.3 is 5.97 Å². The highest BCUT2D eigenvalue weighted by Crippen LogP contribution is 2.32. The van der Waals surface area contributed by atoms with E-state index in [-0.39, 0.29) is 17.6 Å². The van der Waals surface area contributed by atoms with Crippen molar-refractivity contribution in [2.24, 2.45) is 0 Å². The van der Waals surface area contributed by atoms with Crippen LogP contribution in [0.5, 0.6) is 5.75 Å². The van der Waals surface area contributed by atoms with Crippen LogP contribution in [0.3, 0.4) is 0 Å². The molecule has 0 radical (unpaired) electrons. The van der Waals surface area contributed by atoms with Gasteiger partial charge in [0.2, 0.25) is 0 Å². The highest BCUT2D eigenvalue weighted by Gasteiger charge is 2.27. The van der Waals surface area contributed by atoms with Crippen LogP contribution in [0.15, 0.2) is 46.9 Å². The van der Waals surface area contributed by atoms with E-state index in [0.29, 0.717) is 36.4 Å². The summed E-state index contributed by atoms with van der Waals surface area (Å²) >= 11 is 0. The van der Waals surface area contributed by atoms with Crippen molar-refractivity contribution in [3.63, 3.8) is 0 Å². The number of para-hydroxylation sites is 1. The van der Waals surface area contributed by atoms with Gasteiger partial charge < -0.3 is 23.8 Å². The van der Waals surface area contributed by atoms with Crippen LogP contribution in [0.25, 0.3) is 21.9 Å². The molecule has 1 amide bonds. The Balaban J connectivity index is 1.49. The molecular weight excluding hydrogens is 384 g/mol. The molecule has 4 aromatic rings. The predicted molar refractivity (Wildman–Crippen MR) is 111 cm³/mol. The van der Waals surface area contributed by atoms with E-state index in [1.807, 2.05) is 24.3 Å². The fourth-order valence-electron chi connectivity index (χ4n) is 4.09. The number of carbonyl (C=O) groups excluding carboxylic acids is 2. The standard InChI is InChI=1S/C23H20N2O5/c1-28-19-5-3-4-13-11-20(30-21(13)19)22(26)25-9-8-18-16(12-25)15-10-14(23(27)29-2)6-7-17(15)24-18/h3-7,10-11,24H,8-9,12H2,1-2H3. The predicted octanol–water partition coefficient (Wildman–Crippen LogP) is 3.91. The molecule has 0 unspecified atom stereocenters. The molecule has 30 heavy (non-hydrogen) atoms. The quantitative estimate of drug-likeness (QED) is 0.524. The van der Waals surface area contributed by atoms with Gasteiger partial charge in [-0.3, -0.25) is 4.79 Å². The Labute approximate surface area is 172 Å². The van der Waals surface area contributed by atoms with Crippen LogP contribution in [0.4, 0.5) is 0 Å². The van der Waals surface area contributed by atoms with Gasteiger partial charge in [-0.05, 0) is 30.3 Å². The molecule has 2 aromatic carbocycles. The summed E-state index contributed by atoms with van der Waals surface area (Å²) in [4.78, 5) is 30.3. The van der Waals surface area contributed by atoms with Crippen LogP contribution in [0.2, 0.25) is 0 Å². The maximum atomic E-state index is 13.2. The summed E-state index contributed by atoms with van der Waals surface area (Å²) in [7, 11) is 2.94. The molecule has 0 aliphatic carbocycles. The van der Waals surface area contributed by atoms with Crippen LogP contribution in [-0.4, -0.2) is 42.5 Å². The van der Waals surface area contributed by atoms with E-state index in [9.17, 15) is 9.59 Å². The first-order valence-corrected chi connectivity index (χ1v) is 9.66. The number of furan rings is 1. The number of benzene rings is 2. The molecule has 5 rings (SSSR count). The second-order valence-corrected chi connectivity index (χ2v) is 7.30. The second kappa shape index (κ2) is 6.95. The lowest BCUT2D eigenvalue weighted by atomic mass is 10.0. The number of H-pyrrole nitrogens is 1. The molecule has 1 N–H and O–H groups in total. The van der Waals surface area contributed by atoms with E-state index in [1.54, 1.807) is 30.2 Å². The number of aromatic nitrogens is 1. The van der Waals surface area contributed by atoms with Gasteiger partial charge in [-0.2, -0.15) is 0 Å². The minimum Gasteiger partial charge on any atom is -0.493 e. The minimum absolute atomic E-state index is 0.169. The van der Waals surface area contributed by atoms with Crippen molar-refractivity contribution < 1.29 is 23.5 Å². The summed E-state index contributed by atoms with van der Waals surface area (Å²) < 4.78 is 16.0. The van der Waals surface area contributed by atoms with Gasteiger partial charge in [0.15, 0.2) is 17.1 Å². The van der Waals surface area contributed by atoms with E-state index in [2.05, 4.69) is 4.98 Å². The Bertz CT molecular complexity index is 1300. The molecule has 1 aliphatic rings. The molecule has 152 valence electrons. The number of carbonyl (C=O) groups is 2. The molecule has 0 spiro atoms. The Hall–Kier alpha value is -3.74. The average Bonchev–Trinajstić information content (AvgIpc) is 3.38. The molecule has 0 saturated heterocycles. The number of esters is 1. The fourth-order valence-corrected chi connectivity index (χ4v) is 4.09. The summed E-state index contributed by atoms with van der Waals surface area (Å²) in [6, 6.07) is 12.7. The molecular formula is C23H20N2O5. The van der Waals surface area contributed by atoms with Crippen molar-refractivity contribution >= 4 is 33.7 Å². The first-order chi connectivity index (χ1) is 14.6. The first-order valence-electron chi connectivity index (χ1n) is 9.66. The van der Waals surface area contributed by atoms with E-state index in [1.165, 1.54) is 7.11 Å². The molecule has 7 nitrogen and oxygen atoms in total. The van der Waals surface area contributed by atoms with Crippen LogP contribution < -0.4 is 4.74 Å². The summed E-state index contributed by atoms with van der Waals surface area (Å²) in [6.07, 6.45) is 0.701. The van der Waals surface area contributed by atoms with Gasteiger partial charge in [0, 0.05) is 47.1 Å². The van der Waals surface area contributed by atoms with E-state index < -0.39 is 0 Å². The topological polar surface area (TPSA) is 84.8 Å². The van der Waals surface area contributed by atoms with Gasteiger partial charge in [0.05, 0.1) is 19.8 Å². The lowest BCUT2D eigenvalue weighted by Gasteiger charge is -2.26. The Kier molecular flexibility index (Phi) is 4.24. The van der Waals surface area contributed by atoms with Gasteiger partial charge in [-0.1, -0.05) is 12.1 Å². The molecule has 0 fully saturated rings. The van der Waals surface area contributed by atoms with Gasteiger partial charge in [-0.25, -0.2) is 4.79 Å². The third-order valence-corrected chi connectivity index (χ3v) is 5.62. The molecule has 0 atom stereocenters. The third-order valence-electron chi connectivity index (χ3n) is 5.62. The number of hydrogen-bond acceptors (Lipinski definition) is 5. The lowest BCUT2D eigenvalue weighted by Crippen LogP contribution is -2.35. The average molecular weight is 404 g/mol. The lowest BCUT2D eigenvalue weighted by molar-refractivity contribution is 0.0600. The summed E-state index contributed by atoms with van der Waals surface area (Å²) in [5.41, 5.74) is 4.09. The van der Waals surface area contributed by atoms with Crippen molar-refractivity contribution in [2.45, 2.75) is 13.0 Å². The Morgan fingerprint density at radius 1 is 1.13 bits per heavy atom. The molecule has 1 aliphatic heterocycles. The van der Waals surface area contributed by atoms with Crippen LogP contribution in [0.1, 0.15) is 32.2 Å². The van der Waals surface area contributed by atoms with Crippen molar-refractivity contribution in [2.75, 3.05) is 20.8 Å². The Morgan fingerprint density at radius 3 is 2.80 bits per heavy atom. The van der Waals surface area contributed by atoms with Crippen LogP contribution in [-0.2, 0) is 17.7 Å². The maximum Gasteiger partial charge on any atom is 0.337 e. The van der Waals surface area contributed by atoms with E-state index >= 15 is 0 Å². The number of ether oxygens (including phenoxy) is 2. The number of fused-ring (bicyclic) bond motifs is 4. The smallest absolute Gasteiger partial charge is 0.337 e. The Morgan fingerprint density at radius 2 is 2.00 bits per heavy atom. The van der Waals surface area contributed by atoms with Crippen molar-refractivity contribution in [3.05, 3.63) is 65.0 Å². The monoisotopic (exact) mass is 404 g/mol. The zero-order chi connectivity index (χ0) is 20.8. The van der Waals surface area contributed by atoms with Crippen molar-refractivity contribution in [1.29, 1.82) is 0 Å². The van der Waals surface area contributed by atoms with Gasteiger partial charge in [-0.15, -0.1) is 0 Å².